The maximum atomic E-state index is 5.20. The number of hydrazone groups is 1. The molecule has 0 aromatic heterocycles. The molecule has 0 bridgehead atoms. The highest BCUT2D eigenvalue weighted by atomic mass is 32.1. The molecule has 0 spiro atoms. The van der Waals surface area contributed by atoms with Gasteiger partial charge in [0.1, 0.15) is 0 Å². The van der Waals surface area contributed by atoms with Crippen molar-refractivity contribution in [3.05, 3.63) is 59.2 Å². The average molecular weight is 323 g/mol. The van der Waals surface area contributed by atoms with Gasteiger partial charge in [0, 0.05) is 6.04 Å². The van der Waals surface area contributed by atoms with Gasteiger partial charge in [0.15, 0.2) is 5.11 Å². The van der Waals surface area contributed by atoms with Gasteiger partial charge in [0.25, 0.3) is 0 Å². The molecule has 0 fully saturated rings. The van der Waals surface area contributed by atoms with E-state index in [0.29, 0.717) is 11.2 Å². The van der Waals surface area contributed by atoms with Gasteiger partial charge < -0.3 is 5.32 Å². The molecule has 1 aliphatic carbocycles. The van der Waals surface area contributed by atoms with Crippen LogP contribution >= 0.6 is 12.2 Å². The highest BCUT2D eigenvalue weighted by molar-refractivity contribution is 7.80. The topological polar surface area (TPSA) is 36.4 Å². The predicted molar refractivity (Wildman–Crippen MR) is 101 cm³/mol. The molecule has 0 saturated carbocycles. The van der Waals surface area contributed by atoms with Crippen LogP contribution in [0.5, 0.6) is 0 Å². The lowest BCUT2D eigenvalue weighted by Crippen LogP contribution is -2.37. The van der Waals surface area contributed by atoms with E-state index in [1.807, 2.05) is 20.8 Å². The Hall–Kier alpha value is -2.20. The van der Waals surface area contributed by atoms with E-state index in [2.05, 4.69) is 58.3 Å². The Morgan fingerprint density at radius 3 is 2.61 bits per heavy atom. The molecule has 0 amide bonds. The third-order valence-electron chi connectivity index (χ3n) is 3.96. The van der Waals surface area contributed by atoms with E-state index in [-0.39, 0.29) is 0 Å². The van der Waals surface area contributed by atoms with Crippen LogP contribution < -0.4 is 10.7 Å². The highest BCUT2D eigenvalue weighted by Crippen LogP contribution is 2.36. The summed E-state index contributed by atoms with van der Waals surface area (Å²) in [5.41, 5.74) is 10.4. The summed E-state index contributed by atoms with van der Waals surface area (Å²) in [7, 11) is 0. The Balaban J connectivity index is 1.78. The molecule has 0 unspecified atom stereocenters. The van der Waals surface area contributed by atoms with Gasteiger partial charge in [-0.25, -0.2) is 0 Å². The van der Waals surface area contributed by atoms with Crippen molar-refractivity contribution in [3.63, 3.8) is 0 Å². The minimum Gasteiger partial charge on any atom is -0.359 e. The van der Waals surface area contributed by atoms with Crippen LogP contribution in [-0.4, -0.2) is 16.9 Å². The maximum Gasteiger partial charge on any atom is 0.187 e. The Morgan fingerprint density at radius 2 is 1.83 bits per heavy atom. The molecular weight excluding hydrogens is 302 g/mol. The first kappa shape index (κ1) is 15.7. The average Bonchev–Trinajstić information content (AvgIpc) is 2.89. The predicted octanol–water partition coefficient (Wildman–Crippen LogP) is 3.85. The summed E-state index contributed by atoms with van der Waals surface area (Å²) < 4.78 is 0. The minimum absolute atomic E-state index is 0.295. The number of rotatable bonds is 3. The number of nitrogens with one attached hydrogen (secondary N) is 2. The van der Waals surface area contributed by atoms with E-state index < -0.39 is 0 Å². The molecule has 0 saturated heterocycles. The lowest BCUT2D eigenvalue weighted by atomic mass is 10.0. The molecule has 2 N–H and O–H groups in total. The molecule has 2 aromatic carbocycles. The molecule has 0 heterocycles. The number of nitrogens with zero attached hydrogens (tertiary/aromatic N) is 1. The molecule has 2 aromatic rings. The Labute approximate surface area is 142 Å². The summed E-state index contributed by atoms with van der Waals surface area (Å²) in [6.07, 6.45) is 0.993. The molecular formula is C19H21N3S. The Morgan fingerprint density at radius 1 is 1.09 bits per heavy atom. The fourth-order valence-electron chi connectivity index (χ4n) is 2.86. The second-order valence-corrected chi connectivity index (χ2v) is 6.55. The largest absolute Gasteiger partial charge is 0.359 e. The van der Waals surface area contributed by atoms with Crippen molar-refractivity contribution in [1.82, 2.24) is 10.7 Å². The molecule has 0 atom stereocenters. The van der Waals surface area contributed by atoms with Crippen LogP contribution in [0.3, 0.4) is 0 Å². The van der Waals surface area contributed by atoms with Crippen LogP contribution in [0.15, 0.2) is 47.6 Å². The van der Waals surface area contributed by atoms with Crippen LogP contribution in [0.4, 0.5) is 0 Å². The van der Waals surface area contributed by atoms with Crippen molar-refractivity contribution >= 4 is 23.0 Å². The monoisotopic (exact) mass is 323 g/mol. The lowest BCUT2D eigenvalue weighted by Gasteiger charge is -2.11. The second kappa shape index (κ2) is 6.50. The fraction of sp³-hybridized carbons (Fsp3) is 0.263. The zero-order valence-corrected chi connectivity index (χ0v) is 14.5. The van der Waals surface area contributed by atoms with Crippen LogP contribution in [0.1, 0.15) is 37.5 Å². The van der Waals surface area contributed by atoms with Crippen molar-refractivity contribution in [2.24, 2.45) is 5.10 Å². The molecule has 0 aliphatic heterocycles. The van der Waals surface area contributed by atoms with Crippen molar-refractivity contribution < 1.29 is 0 Å². The van der Waals surface area contributed by atoms with Crippen LogP contribution in [-0.2, 0) is 6.42 Å². The zero-order valence-electron chi connectivity index (χ0n) is 13.7. The first-order valence-corrected chi connectivity index (χ1v) is 8.28. The van der Waals surface area contributed by atoms with Crippen molar-refractivity contribution in [1.29, 1.82) is 0 Å². The summed E-state index contributed by atoms with van der Waals surface area (Å²) in [4.78, 5) is 0. The van der Waals surface area contributed by atoms with E-state index in [1.165, 1.54) is 22.3 Å². The fourth-order valence-corrected chi connectivity index (χ4v) is 3.15. The zero-order chi connectivity index (χ0) is 16.4. The van der Waals surface area contributed by atoms with Gasteiger partial charge in [-0.3, -0.25) is 5.43 Å². The number of benzene rings is 2. The third kappa shape index (κ3) is 3.42. The quantitative estimate of drug-likeness (QED) is 0.437. The Kier molecular flexibility index (Phi) is 4.44. The smallest absolute Gasteiger partial charge is 0.187 e. The lowest BCUT2D eigenvalue weighted by molar-refractivity contribution is 0.719. The van der Waals surface area contributed by atoms with Gasteiger partial charge in [-0.15, -0.1) is 0 Å². The molecule has 23 heavy (non-hydrogen) atoms. The molecule has 118 valence electrons. The number of fused-ring (bicyclic) bond motifs is 3. The van der Waals surface area contributed by atoms with Crippen LogP contribution in [0, 0.1) is 0 Å². The maximum absolute atomic E-state index is 5.20. The van der Waals surface area contributed by atoms with Gasteiger partial charge in [-0.05, 0) is 73.3 Å². The van der Waals surface area contributed by atoms with Crippen LogP contribution in [0.2, 0.25) is 0 Å². The molecule has 3 rings (SSSR count). The SMILES string of the molecule is CC(=NNC(=S)NC(C)C)c1ccc2c(c1)Cc1ccccc1-2. The van der Waals surface area contributed by atoms with Crippen molar-refractivity contribution in [2.45, 2.75) is 33.2 Å². The molecule has 3 nitrogen and oxygen atoms in total. The highest BCUT2D eigenvalue weighted by Gasteiger charge is 2.18. The van der Waals surface area contributed by atoms with E-state index in [9.17, 15) is 0 Å². The first-order valence-electron chi connectivity index (χ1n) is 7.87. The summed E-state index contributed by atoms with van der Waals surface area (Å²) in [5, 5.41) is 8.05. The summed E-state index contributed by atoms with van der Waals surface area (Å²) in [6, 6.07) is 15.4. The molecule has 4 heteroatoms. The number of hydrogen-bond donors (Lipinski definition) is 2. The van der Waals surface area contributed by atoms with Crippen molar-refractivity contribution in [2.75, 3.05) is 0 Å². The summed E-state index contributed by atoms with van der Waals surface area (Å²) in [5.74, 6) is 0. The number of thiocarbonyl (C=S) groups is 1. The third-order valence-corrected chi connectivity index (χ3v) is 4.17. The summed E-state index contributed by atoms with van der Waals surface area (Å²) in [6.45, 7) is 6.08. The summed E-state index contributed by atoms with van der Waals surface area (Å²) >= 11 is 5.20. The Bertz CT molecular complexity index is 778. The van der Waals surface area contributed by atoms with E-state index in [1.54, 1.807) is 0 Å². The van der Waals surface area contributed by atoms with Crippen molar-refractivity contribution in [3.8, 4) is 11.1 Å². The van der Waals surface area contributed by atoms with E-state index in [4.69, 9.17) is 12.2 Å². The van der Waals surface area contributed by atoms with E-state index in [0.717, 1.165) is 17.7 Å². The van der Waals surface area contributed by atoms with Gasteiger partial charge >= 0.3 is 0 Å². The molecule has 0 radical (unpaired) electrons. The first-order chi connectivity index (χ1) is 11.0. The number of hydrogen-bond acceptors (Lipinski definition) is 2. The van der Waals surface area contributed by atoms with Gasteiger partial charge in [-0.1, -0.05) is 36.4 Å². The molecule has 1 aliphatic rings. The van der Waals surface area contributed by atoms with Gasteiger partial charge in [0.2, 0.25) is 0 Å². The van der Waals surface area contributed by atoms with Gasteiger partial charge in [0.05, 0.1) is 5.71 Å². The van der Waals surface area contributed by atoms with Gasteiger partial charge in [-0.2, -0.15) is 5.10 Å². The van der Waals surface area contributed by atoms with Crippen LogP contribution in [0.25, 0.3) is 11.1 Å². The normalized spacial score (nSPS) is 12.8. The second-order valence-electron chi connectivity index (χ2n) is 6.14. The minimum atomic E-state index is 0.295. The standard InChI is InChI=1S/C19H21N3S/c1-12(2)20-19(23)22-21-13(3)14-8-9-18-16(10-14)11-15-6-4-5-7-17(15)18/h4-10,12H,11H2,1-3H3,(H2,20,22,23). The van der Waals surface area contributed by atoms with E-state index >= 15 is 0 Å².